The third kappa shape index (κ3) is 2.56. The molecular weight excluding hydrogens is 368 g/mol. The predicted octanol–water partition coefficient (Wildman–Crippen LogP) is 2.47. The number of primary amides is 1. The first-order valence-corrected chi connectivity index (χ1v) is 8.53. The van der Waals surface area contributed by atoms with E-state index in [4.69, 9.17) is 5.73 Å². The molecule has 0 saturated heterocycles. The second-order valence-corrected chi connectivity index (χ2v) is 7.16. The van der Waals surface area contributed by atoms with Gasteiger partial charge in [0.2, 0.25) is 0 Å². The number of nitrogens with zero attached hydrogens (tertiary/aromatic N) is 2. The molecule has 0 saturated carbocycles. The highest BCUT2D eigenvalue weighted by Crippen LogP contribution is 2.38. The van der Waals surface area contributed by atoms with Crippen LogP contribution in [0.3, 0.4) is 0 Å². The largest absolute Gasteiger partial charge is 0.365 e. The maximum Gasteiger partial charge on any atom is 0.275 e. The van der Waals surface area contributed by atoms with Crippen LogP contribution in [0, 0.1) is 0 Å². The van der Waals surface area contributed by atoms with Gasteiger partial charge in [0.25, 0.3) is 11.8 Å². The summed E-state index contributed by atoms with van der Waals surface area (Å²) in [5.74, 6) is -0.799. The van der Waals surface area contributed by atoms with Crippen molar-refractivity contribution >= 4 is 44.1 Å². The van der Waals surface area contributed by atoms with Crippen molar-refractivity contribution in [2.45, 2.75) is 25.7 Å². The third-order valence-corrected chi connectivity index (χ3v) is 5.54. The number of rotatable bonds is 3. The van der Waals surface area contributed by atoms with E-state index in [-0.39, 0.29) is 5.91 Å². The van der Waals surface area contributed by atoms with Gasteiger partial charge in [-0.05, 0) is 47.2 Å². The molecule has 2 aromatic rings. The average Bonchev–Trinajstić information content (AvgIpc) is 2.98. The number of carbonyl (C=O) groups excluding carboxylic acids is 2. The molecule has 3 N–H and O–H groups in total. The number of anilines is 1. The molecule has 22 heavy (non-hydrogen) atoms. The van der Waals surface area contributed by atoms with Crippen LogP contribution in [0.5, 0.6) is 0 Å². The lowest BCUT2D eigenvalue weighted by Crippen LogP contribution is -2.20. The Hall–Kier alpha value is -1.67. The quantitative estimate of drug-likeness (QED) is 0.853. The maximum atomic E-state index is 12.5. The lowest BCUT2D eigenvalue weighted by molar-refractivity contribution is 0.100. The number of fused-ring (bicyclic) bond motifs is 1. The van der Waals surface area contributed by atoms with E-state index in [0.717, 1.165) is 36.1 Å². The number of aryl methyl sites for hydroxylation is 2. The van der Waals surface area contributed by atoms with Crippen molar-refractivity contribution in [3.8, 4) is 0 Å². The molecule has 0 aliphatic heterocycles. The van der Waals surface area contributed by atoms with Crippen LogP contribution in [0.25, 0.3) is 0 Å². The highest BCUT2D eigenvalue weighted by molar-refractivity contribution is 9.10. The number of nitrogens with one attached hydrogen (secondary N) is 1. The van der Waals surface area contributed by atoms with Crippen molar-refractivity contribution in [3.05, 3.63) is 32.4 Å². The molecule has 0 radical (unpaired) electrons. The lowest BCUT2D eigenvalue weighted by Gasteiger charge is -2.11. The smallest absolute Gasteiger partial charge is 0.275 e. The number of aromatic nitrogens is 2. The van der Waals surface area contributed by atoms with Crippen molar-refractivity contribution in [3.63, 3.8) is 0 Å². The molecule has 0 spiro atoms. The summed E-state index contributed by atoms with van der Waals surface area (Å²) < 4.78 is 2.09. The molecule has 3 rings (SSSR count). The van der Waals surface area contributed by atoms with E-state index in [1.165, 1.54) is 16.0 Å². The lowest BCUT2D eigenvalue weighted by atomic mass is 9.95. The van der Waals surface area contributed by atoms with E-state index in [0.29, 0.717) is 20.7 Å². The Morgan fingerprint density at radius 1 is 1.41 bits per heavy atom. The maximum absolute atomic E-state index is 12.5. The highest BCUT2D eigenvalue weighted by Gasteiger charge is 2.26. The van der Waals surface area contributed by atoms with Crippen LogP contribution < -0.4 is 11.1 Å². The van der Waals surface area contributed by atoms with Crippen LogP contribution in [0.2, 0.25) is 0 Å². The summed E-state index contributed by atoms with van der Waals surface area (Å²) >= 11 is 4.75. The second-order valence-electron chi connectivity index (χ2n) is 5.20. The van der Waals surface area contributed by atoms with Gasteiger partial charge in [-0.3, -0.25) is 14.3 Å². The first kappa shape index (κ1) is 15.2. The summed E-state index contributed by atoms with van der Waals surface area (Å²) in [5, 5.41) is 7.38. The Morgan fingerprint density at radius 3 is 2.77 bits per heavy atom. The molecule has 1 aliphatic carbocycles. The van der Waals surface area contributed by atoms with Crippen molar-refractivity contribution in [2.24, 2.45) is 12.8 Å². The van der Waals surface area contributed by atoms with Gasteiger partial charge in [0.05, 0.1) is 16.2 Å². The van der Waals surface area contributed by atoms with Gasteiger partial charge in [0.15, 0.2) is 0 Å². The van der Waals surface area contributed by atoms with Gasteiger partial charge in [-0.2, -0.15) is 5.10 Å². The van der Waals surface area contributed by atoms with Crippen molar-refractivity contribution in [1.29, 1.82) is 0 Å². The zero-order chi connectivity index (χ0) is 15.9. The molecule has 116 valence electrons. The molecular formula is C14H15BrN4O2S. The number of carbonyl (C=O) groups is 2. The van der Waals surface area contributed by atoms with Crippen molar-refractivity contribution in [2.75, 3.05) is 5.32 Å². The van der Waals surface area contributed by atoms with Crippen molar-refractivity contribution < 1.29 is 9.59 Å². The molecule has 2 heterocycles. The van der Waals surface area contributed by atoms with Crippen LogP contribution in [-0.2, 0) is 19.9 Å². The van der Waals surface area contributed by atoms with Gasteiger partial charge in [-0.25, -0.2) is 0 Å². The fourth-order valence-electron chi connectivity index (χ4n) is 2.74. The predicted molar refractivity (Wildman–Crippen MR) is 88.3 cm³/mol. The summed E-state index contributed by atoms with van der Waals surface area (Å²) in [4.78, 5) is 25.4. The standard InChI is InChI=1S/C14H15BrN4O2S/c1-19-11(8(15)6-17-19)13(21)18-14-10(12(16)20)7-4-2-3-5-9(7)22-14/h6H,2-5H2,1H3,(H2,16,20)(H,18,21). The summed E-state index contributed by atoms with van der Waals surface area (Å²) in [5.41, 5.74) is 7.40. The van der Waals surface area contributed by atoms with E-state index in [9.17, 15) is 9.59 Å². The van der Waals surface area contributed by atoms with E-state index in [1.807, 2.05) is 0 Å². The Labute approximate surface area is 139 Å². The topological polar surface area (TPSA) is 90.0 Å². The first-order chi connectivity index (χ1) is 10.5. The molecule has 0 fully saturated rings. The van der Waals surface area contributed by atoms with E-state index < -0.39 is 5.91 Å². The number of thiophene rings is 1. The van der Waals surface area contributed by atoms with Gasteiger partial charge >= 0.3 is 0 Å². The summed E-state index contributed by atoms with van der Waals surface area (Å²) in [6.45, 7) is 0. The average molecular weight is 383 g/mol. The fourth-order valence-corrected chi connectivity index (χ4v) is 4.56. The molecule has 0 bridgehead atoms. The van der Waals surface area contributed by atoms with E-state index in [1.54, 1.807) is 13.2 Å². The molecule has 0 atom stereocenters. The Bertz CT molecular complexity index is 746. The SMILES string of the molecule is Cn1ncc(Br)c1C(=O)Nc1sc2c(c1C(N)=O)CCCC2. The first-order valence-electron chi connectivity index (χ1n) is 6.92. The van der Waals surface area contributed by atoms with Gasteiger partial charge in [-0.15, -0.1) is 11.3 Å². The fraction of sp³-hybridized carbons (Fsp3) is 0.357. The van der Waals surface area contributed by atoms with Crippen LogP contribution in [0.15, 0.2) is 10.7 Å². The second kappa shape index (κ2) is 5.85. The number of hydrogen-bond donors (Lipinski definition) is 2. The van der Waals surface area contributed by atoms with Gasteiger partial charge in [0.1, 0.15) is 10.7 Å². The molecule has 8 heteroatoms. The van der Waals surface area contributed by atoms with Crippen LogP contribution >= 0.6 is 27.3 Å². The van der Waals surface area contributed by atoms with Gasteiger partial charge in [0, 0.05) is 11.9 Å². The normalized spacial score (nSPS) is 13.7. The van der Waals surface area contributed by atoms with Gasteiger partial charge in [-0.1, -0.05) is 0 Å². The minimum atomic E-state index is -0.487. The molecule has 2 aromatic heterocycles. The Morgan fingerprint density at radius 2 is 2.14 bits per heavy atom. The zero-order valence-electron chi connectivity index (χ0n) is 12.0. The number of nitrogens with two attached hydrogens (primary N) is 1. The number of halogens is 1. The number of hydrogen-bond acceptors (Lipinski definition) is 4. The Kier molecular flexibility index (Phi) is 4.05. The van der Waals surface area contributed by atoms with E-state index >= 15 is 0 Å². The summed E-state index contributed by atoms with van der Waals surface area (Å²) in [6, 6.07) is 0. The molecule has 0 unspecified atom stereocenters. The summed E-state index contributed by atoms with van der Waals surface area (Å²) in [6.07, 6.45) is 5.49. The zero-order valence-corrected chi connectivity index (χ0v) is 14.4. The number of amides is 2. The van der Waals surface area contributed by atoms with E-state index in [2.05, 4.69) is 26.3 Å². The molecule has 6 nitrogen and oxygen atoms in total. The minimum Gasteiger partial charge on any atom is -0.365 e. The van der Waals surface area contributed by atoms with Crippen LogP contribution in [0.4, 0.5) is 5.00 Å². The van der Waals surface area contributed by atoms with Crippen molar-refractivity contribution in [1.82, 2.24) is 9.78 Å². The third-order valence-electron chi connectivity index (χ3n) is 3.75. The highest BCUT2D eigenvalue weighted by atomic mass is 79.9. The monoisotopic (exact) mass is 382 g/mol. The summed E-state index contributed by atoms with van der Waals surface area (Å²) in [7, 11) is 1.69. The van der Waals surface area contributed by atoms with Crippen LogP contribution in [0.1, 0.15) is 44.1 Å². The van der Waals surface area contributed by atoms with Gasteiger partial charge < -0.3 is 11.1 Å². The molecule has 2 amide bonds. The Balaban J connectivity index is 1.97. The minimum absolute atomic E-state index is 0.312. The molecule has 1 aliphatic rings. The molecule has 0 aromatic carbocycles. The van der Waals surface area contributed by atoms with Crippen LogP contribution in [-0.4, -0.2) is 21.6 Å².